The van der Waals surface area contributed by atoms with Gasteiger partial charge in [-0.1, -0.05) is 24.3 Å². The Morgan fingerprint density at radius 1 is 1.25 bits per heavy atom. The second-order valence-corrected chi connectivity index (χ2v) is 4.74. The maximum Gasteiger partial charge on any atom is 0.233 e. The first-order valence-electron chi connectivity index (χ1n) is 6.54. The molecule has 1 aliphatic rings. The van der Waals surface area contributed by atoms with E-state index in [2.05, 4.69) is 39.1 Å². The lowest BCUT2D eigenvalue weighted by atomic mass is 10.0. The van der Waals surface area contributed by atoms with Crippen molar-refractivity contribution in [3.63, 3.8) is 0 Å². The van der Waals surface area contributed by atoms with Gasteiger partial charge in [0.1, 0.15) is 11.5 Å². The number of hydrogen-bond donors (Lipinski definition) is 1. The Hall–Kier alpha value is -2.43. The molecule has 1 aliphatic heterocycles. The Balaban J connectivity index is 1.86. The van der Waals surface area contributed by atoms with Crippen LogP contribution in [0.25, 0.3) is 0 Å². The maximum absolute atomic E-state index is 7.66. The summed E-state index contributed by atoms with van der Waals surface area (Å²) in [5.74, 6) is 0.829. The van der Waals surface area contributed by atoms with Crippen LogP contribution in [0.1, 0.15) is 16.8 Å². The number of nitrogens with one attached hydrogen (secondary N) is 1. The fourth-order valence-corrected chi connectivity index (χ4v) is 2.41. The highest BCUT2D eigenvalue weighted by molar-refractivity contribution is 5.89. The average molecular weight is 268 g/mol. The van der Waals surface area contributed by atoms with Gasteiger partial charge in [0.15, 0.2) is 0 Å². The van der Waals surface area contributed by atoms with E-state index < -0.39 is 0 Å². The summed E-state index contributed by atoms with van der Waals surface area (Å²) in [5.41, 5.74) is 3.19. The standard InChI is InChI=1S/C15H16N4O/c1-20-15(16)13-8-17-9-14(18-13)19-7-6-11-4-2-3-5-12(11)10-19/h2-5,8-9,16H,6-7,10H2,1H3. The smallest absolute Gasteiger partial charge is 0.233 e. The molecule has 0 spiro atoms. The van der Waals surface area contributed by atoms with E-state index in [0.717, 1.165) is 25.3 Å². The van der Waals surface area contributed by atoms with Crippen LogP contribution >= 0.6 is 0 Å². The van der Waals surface area contributed by atoms with E-state index in [-0.39, 0.29) is 5.90 Å². The number of rotatable bonds is 2. The number of aromatic nitrogens is 2. The summed E-state index contributed by atoms with van der Waals surface area (Å²) in [6, 6.07) is 8.46. The van der Waals surface area contributed by atoms with Crippen LogP contribution in [0.4, 0.5) is 5.82 Å². The van der Waals surface area contributed by atoms with Gasteiger partial charge in [-0.15, -0.1) is 0 Å². The predicted molar refractivity (Wildman–Crippen MR) is 77.1 cm³/mol. The molecular formula is C15H16N4O. The molecule has 20 heavy (non-hydrogen) atoms. The van der Waals surface area contributed by atoms with Gasteiger partial charge in [0.25, 0.3) is 0 Å². The zero-order valence-corrected chi connectivity index (χ0v) is 11.3. The van der Waals surface area contributed by atoms with E-state index in [1.54, 1.807) is 12.4 Å². The third-order valence-corrected chi connectivity index (χ3v) is 3.51. The van der Waals surface area contributed by atoms with Crippen LogP contribution in [0.5, 0.6) is 0 Å². The zero-order valence-electron chi connectivity index (χ0n) is 11.3. The molecule has 102 valence electrons. The minimum atomic E-state index is 0.0387. The van der Waals surface area contributed by atoms with Gasteiger partial charge in [0.2, 0.25) is 5.90 Å². The summed E-state index contributed by atoms with van der Waals surface area (Å²) in [7, 11) is 1.47. The Kier molecular flexibility index (Phi) is 3.33. The van der Waals surface area contributed by atoms with Gasteiger partial charge >= 0.3 is 0 Å². The molecule has 0 saturated carbocycles. The Morgan fingerprint density at radius 3 is 2.85 bits per heavy atom. The first-order valence-corrected chi connectivity index (χ1v) is 6.54. The highest BCUT2D eigenvalue weighted by atomic mass is 16.5. The van der Waals surface area contributed by atoms with Crippen molar-refractivity contribution in [1.82, 2.24) is 9.97 Å². The largest absolute Gasteiger partial charge is 0.480 e. The van der Waals surface area contributed by atoms with E-state index >= 15 is 0 Å². The van der Waals surface area contributed by atoms with Gasteiger partial charge in [-0.25, -0.2) is 4.98 Å². The fraction of sp³-hybridized carbons (Fsp3) is 0.267. The third kappa shape index (κ3) is 2.34. The predicted octanol–water partition coefficient (Wildman–Crippen LogP) is 2.01. The number of benzene rings is 1. The van der Waals surface area contributed by atoms with Gasteiger partial charge in [0, 0.05) is 13.1 Å². The lowest BCUT2D eigenvalue weighted by Gasteiger charge is -2.29. The van der Waals surface area contributed by atoms with Crippen molar-refractivity contribution in [1.29, 1.82) is 5.41 Å². The molecule has 1 aromatic carbocycles. The SMILES string of the molecule is COC(=N)c1cncc(N2CCc3ccccc3C2)n1. The molecule has 3 rings (SSSR count). The summed E-state index contributed by atoms with van der Waals surface area (Å²) in [6.07, 6.45) is 4.29. The zero-order chi connectivity index (χ0) is 13.9. The molecule has 2 aromatic rings. The van der Waals surface area contributed by atoms with Crippen LogP contribution in [0.15, 0.2) is 36.7 Å². The van der Waals surface area contributed by atoms with Crippen LogP contribution in [-0.2, 0) is 17.7 Å². The molecule has 0 atom stereocenters. The Labute approximate surface area is 117 Å². The molecule has 1 N–H and O–H groups in total. The number of ether oxygens (including phenoxy) is 1. The van der Waals surface area contributed by atoms with Crippen molar-refractivity contribution in [2.75, 3.05) is 18.6 Å². The quantitative estimate of drug-likeness (QED) is 0.668. The van der Waals surface area contributed by atoms with Crippen LogP contribution in [-0.4, -0.2) is 29.5 Å². The van der Waals surface area contributed by atoms with Crippen molar-refractivity contribution in [2.24, 2.45) is 0 Å². The Bertz CT molecular complexity index is 641. The number of nitrogens with zero attached hydrogens (tertiary/aromatic N) is 3. The lowest BCUT2D eigenvalue weighted by molar-refractivity contribution is 0.399. The molecule has 0 radical (unpaired) electrons. The van der Waals surface area contributed by atoms with Crippen LogP contribution in [0.2, 0.25) is 0 Å². The van der Waals surface area contributed by atoms with Gasteiger partial charge in [-0.2, -0.15) is 0 Å². The van der Waals surface area contributed by atoms with Crippen molar-refractivity contribution in [2.45, 2.75) is 13.0 Å². The van der Waals surface area contributed by atoms with E-state index in [4.69, 9.17) is 10.1 Å². The van der Waals surface area contributed by atoms with E-state index in [1.807, 2.05) is 0 Å². The number of hydrogen-bond acceptors (Lipinski definition) is 5. The van der Waals surface area contributed by atoms with Gasteiger partial charge < -0.3 is 9.64 Å². The normalized spacial score (nSPS) is 13.8. The number of fused-ring (bicyclic) bond motifs is 1. The molecule has 0 saturated heterocycles. The van der Waals surface area contributed by atoms with E-state index in [0.29, 0.717) is 5.69 Å². The maximum atomic E-state index is 7.66. The average Bonchev–Trinajstić information content (AvgIpc) is 2.53. The lowest BCUT2D eigenvalue weighted by Crippen LogP contribution is -2.31. The molecular weight excluding hydrogens is 252 g/mol. The van der Waals surface area contributed by atoms with Crippen molar-refractivity contribution < 1.29 is 4.74 Å². The van der Waals surface area contributed by atoms with Crippen molar-refractivity contribution >= 4 is 11.7 Å². The molecule has 0 bridgehead atoms. The second kappa shape index (κ2) is 5.28. The van der Waals surface area contributed by atoms with Crippen LogP contribution in [0.3, 0.4) is 0 Å². The van der Waals surface area contributed by atoms with E-state index in [9.17, 15) is 0 Å². The van der Waals surface area contributed by atoms with Crippen molar-refractivity contribution in [3.05, 3.63) is 53.5 Å². The third-order valence-electron chi connectivity index (χ3n) is 3.51. The molecule has 5 heteroatoms. The summed E-state index contributed by atoms with van der Waals surface area (Å²) >= 11 is 0. The highest BCUT2D eigenvalue weighted by Crippen LogP contribution is 2.22. The van der Waals surface area contributed by atoms with Crippen LogP contribution in [0, 0.1) is 5.41 Å². The first-order chi connectivity index (χ1) is 9.78. The summed E-state index contributed by atoms with van der Waals surface area (Å²) in [6.45, 7) is 1.74. The van der Waals surface area contributed by atoms with Crippen molar-refractivity contribution in [3.8, 4) is 0 Å². The fourth-order valence-electron chi connectivity index (χ4n) is 2.41. The highest BCUT2D eigenvalue weighted by Gasteiger charge is 2.18. The molecule has 5 nitrogen and oxygen atoms in total. The monoisotopic (exact) mass is 268 g/mol. The van der Waals surface area contributed by atoms with Gasteiger partial charge in [-0.05, 0) is 17.5 Å². The molecule has 0 unspecified atom stereocenters. The molecule has 0 fully saturated rings. The number of methoxy groups -OCH3 is 1. The molecule has 0 aliphatic carbocycles. The minimum absolute atomic E-state index is 0.0387. The second-order valence-electron chi connectivity index (χ2n) is 4.74. The minimum Gasteiger partial charge on any atom is -0.480 e. The molecule has 0 amide bonds. The van der Waals surface area contributed by atoms with Crippen LogP contribution < -0.4 is 4.90 Å². The molecule has 1 aromatic heterocycles. The summed E-state index contributed by atoms with van der Waals surface area (Å²) < 4.78 is 4.90. The van der Waals surface area contributed by atoms with Gasteiger partial charge in [-0.3, -0.25) is 10.4 Å². The van der Waals surface area contributed by atoms with E-state index in [1.165, 1.54) is 18.2 Å². The van der Waals surface area contributed by atoms with Gasteiger partial charge in [0.05, 0.1) is 19.5 Å². The topological polar surface area (TPSA) is 62.1 Å². The molecule has 2 heterocycles. The summed E-state index contributed by atoms with van der Waals surface area (Å²) in [5, 5.41) is 7.66. The summed E-state index contributed by atoms with van der Waals surface area (Å²) in [4.78, 5) is 10.8. The number of anilines is 1. The Morgan fingerprint density at radius 2 is 2.05 bits per heavy atom. The first kappa shape index (κ1) is 12.6.